The maximum absolute atomic E-state index is 2.44. The van der Waals surface area contributed by atoms with Crippen LogP contribution in [0.15, 0.2) is 0 Å². The van der Waals surface area contributed by atoms with Gasteiger partial charge >= 0.3 is 0 Å². The summed E-state index contributed by atoms with van der Waals surface area (Å²) in [7, 11) is 6.63. The number of rotatable bonds is 9. The second kappa shape index (κ2) is 12.9. The summed E-state index contributed by atoms with van der Waals surface area (Å²) in [4.78, 5) is 7.25. The van der Waals surface area contributed by atoms with E-state index in [1.165, 1.54) is 26.1 Å². The van der Waals surface area contributed by atoms with Crippen molar-refractivity contribution in [3.63, 3.8) is 0 Å². The molecule has 0 unspecified atom stereocenters. The van der Waals surface area contributed by atoms with Gasteiger partial charge in [-0.1, -0.05) is 13.8 Å². The zero-order valence-electron chi connectivity index (χ0n) is 15.0. The molecule has 0 aliphatic heterocycles. The zero-order valence-corrected chi connectivity index (χ0v) is 15.0. The molecular weight excluding hydrogens is 234 g/mol. The Balaban J connectivity index is 0. The molecule has 0 saturated carbocycles. The van der Waals surface area contributed by atoms with Gasteiger partial charge in [0, 0.05) is 25.2 Å². The normalized spacial score (nSPS) is 11.7. The second-order valence-electron chi connectivity index (χ2n) is 5.81. The average molecular weight is 274 g/mol. The molecule has 0 fully saturated rings. The molecule has 118 valence electrons. The summed E-state index contributed by atoms with van der Waals surface area (Å²) < 4.78 is 0. The van der Waals surface area contributed by atoms with Crippen molar-refractivity contribution in [2.45, 2.75) is 60.0 Å². The Morgan fingerprint density at radius 3 is 1.47 bits per heavy atom. The third-order valence-electron chi connectivity index (χ3n) is 3.65. The lowest BCUT2D eigenvalue weighted by molar-refractivity contribution is 0.210. The molecule has 3 heteroatoms. The maximum Gasteiger partial charge on any atom is 0.0109 e. The summed E-state index contributed by atoms with van der Waals surface area (Å²) in [5.74, 6) is 0. The summed E-state index contributed by atoms with van der Waals surface area (Å²) in [6.45, 7) is 17.7. The van der Waals surface area contributed by atoms with Crippen molar-refractivity contribution >= 4 is 0 Å². The van der Waals surface area contributed by atoms with Crippen LogP contribution in [0, 0.1) is 0 Å². The Labute approximate surface area is 122 Å². The highest BCUT2D eigenvalue weighted by atomic mass is 15.2. The quantitative estimate of drug-likeness (QED) is 0.639. The lowest BCUT2D eigenvalue weighted by atomic mass is 10.3. The largest absolute Gasteiger partial charge is 0.305 e. The van der Waals surface area contributed by atoms with Gasteiger partial charge in [0.1, 0.15) is 0 Å². The molecule has 0 aliphatic carbocycles. The van der Waals surface area contributed by atoms with Crippen molar-refractivity contribution < 1.29 is 0 Å². The van der Waals surface area contributed by atoms with E-state index in [4.69, 9.17) is 0 Å². The van der Waals surface area contributed by atoms with Crippen molar-refractivity contribution in [2.75, 3.05) is 47.3 Å². The number of hydrogen-bond acceptors (Lipinski definition) is 3. The summed E-state index contributed by atoms with van der Waals surface area (Å²) in [6, 6.07) is 1.31. The van der Waals surface area contributed by atoms with Crippen LogP contribution in [-0.4, -0.2) is 74.1 Å². The van der Waals surface area contributed by atoms with Crippen LogP contribution < -0.4 is 0 Å². The summed E-state index contributed by atoms with van der Waals surface area (Å²) in [5.41, 5.74) is 0. The van der Waals surface area contributed by atoms with Crippen molar-refractivity contribution in [3.05, 3.63) is 0 Å². The molecule has 0 aromatic carbocycles. The highest BCUT2D eigenvalue weighted by Crippen LogP contribution is 1.98. The first-order chi connectivity index (χ1) is 8.84. The Morgan fingerprint density at radius 2 is 1.05 bits per heavy atom. The minimum atomic E-state index is 0.649. The van der Waals surface area contributed by atoms with Crippen molar-refractivity contribution in [3.8, 4) is 0 Å². The molecule has 0 bridgehead atoms. The number of nitrogens with zero attached hydrogens (tertiary/aromatic N) is 3. The number of likely N-dealkylation sites (N-methyl/N-ethyl adjacent to an activating group) is 2. The first-order valence-electron chi connectivity index (χ1n) is 7.93. The topological polar surface area (TPSA) is 9.72 Å². The third-order valence-corrected chi connectivity index (χ3v) is 3.65. The molecule has 0 N–H and O–H groups in total. The van der Waals surface area contributed by atoms with Gasteiger partial charge in [0.2, 0.25) is 0 Å². The monoisotopic (exact) mass is 273 g/mol. The third kappa shape index (κ3) is 12.6. The Kier molecular flexibility index (Phi) is 14.4. The lowest BCUT2D eigenvalue weighted by Crippen LogP contribution is -2.36. The SMILES string of the molecule is CC.CC(C)N(C)CCCN(C)CCN(C)C(C)C. The molecule has 3 nitrogen and oxygen atoms in total. The van der Waals surface area contributed by atoms with E-state index in [1.807, 2.05) is 13.8 Å². The van der Waals surface area contributed by atoms with E-state index in [9.17, 15) is 0 Å². The van der Waals surface area contributed by atoms with Gasteiger partial charge in [-0.15, -0.1) is 0 Å². The van der Waals surface area contributed by atoms with Crippen LogP contribution in [0.25, 0.3) is 0 Å². The predicted octanol–water partition coefficient (Wildman–Crippen LogP) is 3.01. The smallest absolute Gasteiger partial charge is 0.0109 e. The van der Waals surface area contributed by atoms with E-state index < -0.39 is 0 Å². The van der Waals surface area contributed by atoms with Crippen LogP contribution >= 0.6 is 0 Å². The summed E-state index contributed by atoms with van der Waals surface area (Å²) in [5, 5.41) is 0. The van der Waals surface area contributed by atoms with Gasteiger partial charge in [-0.25, -0.2) is 0 Å². The fraction of sp³-hybridized carbons (Fsp3) is 1.00. The molecule has 0 aromatic heterocycles. The van der Waals surface area contributed by atoms with Crippen LogP contribution in [0.4, 0.5) is 0 Å². The maximum atomic E-state index is 2.44. The zero-order chi connectivity index (χ0) is 15.4. The molecule has 0 amide bonds. The molecule has 0 spiro atoms. The number of hydrogen-bond donors (Lipinski definition) is 0. The summed E-state index contributed by atoms with van der Waals surface area (Å²) in [6.07, 6.45) is 1.26. The van der Waals surface area contributed by atoms with Crippen LogP contribution in [0.3, 0.4) is 0 Å². The van der Waals surface area contributed by atoms with E-state index in [-0.39, 0.29) is 0 Å². The Hall–Kier alpha value is -0.120. The van der Waals surface area contributed by atoms with Crippen LogP contribution in [0.2, 0.25) is 0 Å². The molecule has 0 atom stereocenters. The predicted molar refractivity (Wildman–Crippen MR) is 89.0 cm³/mol. The van der Waals surface area contributed by atoms with E-state index in [1.54, 1.807) is 0 Å². The minimum absolute atomic E-state index is 0.649. The van der Waals surface area contributed by atoms with Gasteiger partial charge in [-0.05, 0) is 68.3 Å². The first-order valence-corrected chi connectivity index (χ1v) is 7.93. The fourth-order valence-corrected chi connectivity index (χ4v) is 1.55. The molecule has 0 aromatic rings. The molecular formula is C16H39N3. The highest BCUT2D eigenvalue weighted by Gasteiger charge is 2.06. The molecule has 0 radical (unpaired) electrons. The van der Waals surface area contributed by atoms with Gasteiger partial charge in [0.25, 0.3) is 0 Å². The highest BCUT2D eigenvalue weighted by molar-refractivity contribution is 4.62. The van der Waals surface area contributed by atoms with Crippen LogP contribution in [-0.2, 0) is 0 Å². The van der Waals surface area contributed by atoms with E-state index in [2.05, 4.69) is 63.5 Å². The molecule has 19 heavy (non-hydrogen) atoms. The van der Waals surface area contributed by atoms with Crippen LogP contribution in [0.5, 0.6) is 0 Å². The van der Waals surface area contributed by atoms with Gasteiger partial charge in [-0.2, -0.15) is 0 Å². The lowest BCUT2D eigenvalue weighted by Gasteiger charge is -2.26. The van der Waals surface area contributed by atoms with Gasteiger partial charge in [-0.3, -0.25) is 0 Å². The minimum Gasteiger partial charge on any atom is -0.305 e. The molecule has 0 aliphatic rings. The Bertz CT molecular complexity index is 181. The molecule has 0 heterocycles. The average Bonchev–Trinajstić information content (AvgIpc) is 2.37. The van der Waals surface area contributed by atoms with Crippen LogP contribution in [0.1, 0.15) is 48.0 Å². The van der Waals surface area contributed by atoms with E-state index in [0.717, 1.165) is 6.54 Å². The fourth-order valence-electron chi connectivity index (χ4n) is 1.55. The van der Waals surface area contributed by atoms with Gasteiger partial charge in [0.05, 0.1) is 0 Å². The molecule has 0 rings (SSSR count). The Morgan fingerprint density at radius 1 is 0.632 bits per heavy atom. The van der Waals surface area contributed by atoms with Gasteiger partial charge < -0.3 is 14.7 Å². The molecule has 0 saturated heterocycles. The van der Waals surface area contributed by atoms with Gasteiger partial charge in [0.15, 0.2) is 0 Å². The standard InChI is InChI=1S/C14H33N3.C2H6/c1-13(2)16(6)10-8-9-15(5)11-12-17(7)14(3)4;1-2/h13-14H,8-12H2,1-7H3;1-2H3. The second-order valence-corrected chi connectivity index (χ2v) is 5.81. The van der Waals surface area contributed by atoms with Crippen molar-refractivity contribution in [2.24, 2.45) is 0 Å². The van der Waals surface area contributed by atoms with E-state index in [0.29, 0.717) is 12.1 Å². The van der Waals surface area contributed by atoms with E-state index >= 15 is 0 Å². The van der Waals surface area contributed by atoms with Crippen molar-refractivity contribution in [1.29, 1.82) is 0 Å². The summed E-state index contributed by atoms with van der Waals surface area (Å²) >= 11 is 0. The first kappa shape index (κ1) is 21.2. The van der Waals surface area contributed by atoms with Crippen molar-refractivity contribution in [1.82, 2.24) is 14.7 Å².